The first-order valence-corrected chi connectivity index (χ1v) is 7.55. The van der Waals surface area contributed by atoms with Crippen molar-refractivity contribution in [1.82, 2.24) is 0 Å². The molecule has 0 aliphatic carbocycles. The summed E-state index contributed by atoms with van der Waals surface area (Å²) in [6, 6.07) is 6.50. The van der Waals surface area contributed by atoms with E-state index in [4.69, 9.17) is 16.7 Å². The summed E-state index contributed by atoms with van der Waals surface area (Å²) >= 11 is 10.3. The number of benzene rings is 1. The lowest BCUT2D eigenvalue weighted by molar-refractivity contribution is 0.0695. The zero-order chi connectivity index (χ0) is 14.9. The molecule has 1 N–H and O–H groups in total. The Morgan fingerprint density at radius 2 is 2.15 bits per heavy atom. The molecule has 0 aliphatic rings. The van der Waals surface area contributed by atoms with E-state index in [0.29, 0.717) is 16.6 Å². The van der Waals surface area contributed by atoms with Gasteiger partial charge in [-0.15, -0.1) is 11.3 Å². The van der Waals surface area contributed by atoms with Crippen molar-refractivity contribution in [3.63, 3.8) is 0 Å². The molecule has 0 saturated heterocycles. The molecule has 7 heteroatoms. The van der Waals surface area contributed by atoms with Crippen LogP contribution in [-0.4, -0.2) is 18.1 Å². The minimum absolute atomic E-state index is 0.0430. The van der Waals surface area contributed by atoms with Gasteiger partial charge in [-0.1, -0.05) is 11.6 Å². The predicted molar refractivity (Wildman–Crippen MR) is 82.5 cm³/mol. The highest BCUT2D eigenvalue weighted by Crippen LogP contribution is 2.31. The lowest BCUT2D eigenvalue weighted by atomic mass is 10.2. The molecular formula is C13H10BrClFNO2S. The third kappa shape index (κ3) is 3.13. The van der Waals surface area contributed by atoms with E-state index in [2.05, 4.69) is 15.9 Å². The molecule has 2 rings (SSSR count). The number of carboxylic acid groups (broad SMARTS) is 1. The molecule has 0 spiro atoms. The van der Waals surface area contributed by atoms with Gasteiger partial charge in [-0.3, -0.25) is 0 Å². The summed E-state index contributed by atoms with van der Waals surface area (Å²) in [6.07, 6.45) is 0. The van der Waals surface area contributed by atoms with E-state index in [0.717, 1.165) is 4.88 Å². The summed E-state index contributed by atoms with van der Waals surface area (Å²) in [5.74, 6) is -1.76. The van der Waals surface area contributed by atoms with E-state index in [1.807, 2.05) is 6.07 Å². The third-order valence-electron chi connectivity index (χ3n) is 2.73. The van der Waals surface area contributed by atoms with Crippen LogP contribution < -0.4 is 4.90 Å². The second kappa shape index (κ2) is 6.11. The fourth-order valence-corrected chi connectivity index (χ4v) is 3.40. The highest BCUT2D eigenvalue weighted by atomic mass is 79.9. The van der Waals surface area contributed by atoms with Crippen LogP contribution in [0.1, 0.15) is 15.2 Å². The second-order valence-electron chi connectivity index (χ2n) is 4.13. The Kier molecular flexibility index (Phi) is 4.67. The minimum Gasteiger partial charge on any atom is -0.478 e. The molecule has 20 heavy (non-hydrogen) atoms. The normalized spacial score (nSPS) is 10.6. The fourth-order valence-electron chi connectivity index (χ4n) is 1.75. The number of anilines is 1. The number of hydrogen-bond donors (Lipinski definition) is 1. The molecule has 0 radical (unpaired) electrons. The van der Waals surface area contributed by atoms with Crippen LogP contribution in [0.4, 0.5) is 10.1 Å². The molecule has 0 unspecified atom stereocenters. The third-order valence-corrected chi connectivity index (χ3v) is 4.72. The molecule has 0 atom stereocenters. The van der Waals surface area contributed by atoms with Gasteiger partial charge in [0.2, 0.25) is 0 Å². The van der Waals surface area contributed by atoms with Gasteiger partial charge in [0.15, 0.2) is 5.82 Å². The maximum Gasteiger partial charge on any atom is 0.336 e. The van der Waals surface area contributed by atoms with Gasteiger partial charge in [-0.2, -0.15) is 0 Å². The van der Waals surface area contributed by atoms with Crippen LogP contribution in [0.5, 0.6) is 0 Å². The van der Waals surface area contributed by atoms with Crippen LogP contribution in [0.25, 0.3) is 0 Å². The zero-order valence-electron chi connectivity index (χ0n) is 10.4. The lowest BCUT2D eigenvalue weighted by Gasteiger charge is -2.20. The Morgan fingerprint density at radius 1 is 1.45 bits per heavy atom. The number of halogens is 3. The van der Waals surface area contributed by atoms with Gasteiger partial charge in [0.1, 0.15) is 0 Å². The Labute approximate surface area is 132 Å². The summed E-state index contributed by atoms with van der Waals surface area (Å²) in [7, 11) is 1.74. The summed E-state index contributed by atoms with van der Waals surface area (Å²) in [6.45, 7) is 0.493. The van der Waals surface area contributed by atoms with Gasteiger partial charge >= 0.3 is 5.97 Å². The molecule has 0 saturated carbocycles. The van der Waals surface area contributed by atoms with E-state index < -0.39 is 11.8 Å². The number of hydrogen-bond acceptors (Lipinski definition) is 3. The molecule has 3 nitrogen and oxygen atoms in total. The molecule has 0 bridgehead atoms. The molecule has 1 aromatic carbocycles. The van der Waals surface area contributed by atoms with Crippen molar-refractivity contribution in [2.24, 2.45) is 0 Å². The van der Waals surface area contributed by atoms with E-state index in [1.165, 1.54) is 23.5 Å². The molecule has 0 amide bonds. The van der Waals surface area contributed by atoms with Crippen molar-refractivity contribution in [2.75, 3.05) is 11.9 Å². The number of carboxylic acids is 1. The van der Waals surface area contributed by atoms with Gasteiger partial charge in [-0.25, -0.2) is 9.18 Å². The molecule has 106 valence electrons. The van der Waals surface area contributed by atoms with Crippen molar-refractivity contribution in [3.05, 3.63) is 49.3 Å². The van der Waals surface area contributed by atoms with E-state index in [9.17, 15) is 9.18 Å². The summed E-state index contributed by atoms with van der Waals surface area (Å²) < 4.78 is 14.8. The highest BCUT2D eigenvalue weighted by molar-refractivity contribution is 9.10. The largest absolute Gasteiger partial charge is 0.478 e. The van der Waals surface area contributed by atoms with Gasteiger partial charge in [0, 0.05) is 11.9 Å². The maximum absolute atomic E-state index is 14.2. The number of nitrogens with zero attached hydrogens (tertiary/aromatic N) is 1. The van der Waals surface area contributed by atoms with Gasteiger partial charge in [0.05, 0.1) is 26.6 Å². The van der Waals surface area contributed by atoms with E-state index >= 15 is 0 Å². The fraction of sp³-hybridized carbons (Fsp3) is 0.154. The first-order chi connectivity index (χ1) is 9.40. The SMILES string of the molecule is CN(Cc1ccc(Cl)s1)c1ccc(C(=O)O)c(Br)c1F. The van der Waals surface area contributed by atoms with Gasteiger partial charge < -0.3 is 10.0 Å². The quantitative estimate of drug-likeness (QED) is 0.843. The number of carbonyl (C=O) groups is 1. The van der Waals surface area contributed by atoms with Crippen molar-refractivity contribution >= 4 is 50.5 Å². The van der Waals surface area contributed by atoms with Crippen LogP contribution in [0.2, 0.25) is 4.34 Å². The summed E-state index contributed by atoms with van der Waals surface area (Å²) in [5, 5.41) is 8.93. The monoisotopic (exact) mass is 377 g/mol. The standard InChI is InChI=1S/C13H10BrClFNO2S/c1-17(6-7-2-5-10(15)20-7)9-4-3-8(13(18)19)11(14)12(9)16/h2-5H,6H2,1H3,(H,18,19). The van der Waals surface area contributed by atoms with Crippen LogP contribution in [0.15, 0.2) is 28.7 Å². The van der Waals surface area contributed by atoms with Crippen molar-refractivity contribution in [2.45, 2.75) is 6.54 Å². The van der Waals surface area contributed by atoms with Crippen molar-refractivity contribution in [1.29, 1.82) is 0 Å². The number of rotatable bonds is 4. The second-order valence-corrected chi connectivity index (χ2v) is 6.72. The molecule has 1 aromatic heterocycles. The summed E-state index contributed by atoms with van der Waals surface area (Å²) in [5.41, 5.74) is 0.227. The van der Waals surface area contributed by atoms with Gasteiger partial charge in [0.25, 0.3) is 0 Å². The van der Waals surface area contributed by atoms with Crippen LogP contribution in [-0.2, 0) is 6.54 Å². The number of aromatic carboxylic acids is 1. The van der Waals surface area contributed by atoms with Crippen LogP contribution in [0, 0.1) is 5.82 Å². The maximum atomic E-state index is 14.2. The minimum atomic E-state index is -1.17. The smallest absolute Gasteiger partial charge is 0.336 e. The first kappa shape index (κ1) is 15.3. The number of thiophene rings is 1. The van der Waals surface area contributed by atoms with Crippen molar-refractivity contribution < 1.29 is 14.3 Å². The summed E-state index contributed by atoms with van der Waals surface area (Å²) in [4.78, 5) is 13.6. The highest BCUT2D eigenvalue weighted by Gasteiger charge is 2.18. The van der Waals surface area contributed by atoms with E-state index in [-0.39, 0.29) is 10.0 Å². The zero-order valence-corrected chi connectivity index (χ0v) is 13.5. The molecule has 0 fully saturated rings. The lowest BCUT2D eigenvalue weighted by Crippen LogP contribution is -2.17. The molecule has 2 aromatic rings. The molecule has 0 aliphatic heterocycles. The molecular weight excluding hydrogens is 369 g/mol. The average molecular weight is 379 g/mol. The van der Waals surface area contributed by atoms with Crippen molar-refractivity contribution in [3.8, 4) is 0 Å². The Morgan fingerprint density at radius 3 is 2.70 bits per heavy atom. The van der Waals surface area contributed by atoms with Gasteiger partial charge in [-0.05, 0) is 40.2 Å². The van der Waals surface area contributed by atoms with Crippen LogP contribution in [0.3, 0.4) is 0 Å². The van der Waals surface area contributed by atoms with Crippen LogP contribution >= 0.6 is 38.9 Å². The Bertz CT molecular complexity index is 662. The average Bonchev–Trinajstić information content (AvgIpc) is 2.77. The van der Waals surface area contributed by atoms with E-state index in [1.54, 1.807) is 18.0 Å². The topological polar surface area (TPSA) is 40.5 Å². The Balaban J connectivity index is 2.28. The molecule has 1 heterocycles. The predicted octanol–water partition coefficient (Wildman–Crippen LogP) is 4.64. The Hall–Kier alpha value is -1.11. The first-order valence-electron chi connectivity index (χ1n) is 5.56.